The van der Waals surface area contributed by atoms with Crippen LogP contribution >= 0.6 is 0 Å². The molecule has 3 fully saturated rings. The first-order valence-electron chi connectivity index (χ1n) is 10.9. The maximum absolute atomic E-state index is 12.0. The maximum Gasteiger partial charge on any atom is 0.155 e. The third-order valence-electron chi connectivity index (χ3n) is 8.62. The zero-order valence-electron chi connectivity index (χ0n) is 16.7. The zero-order valence-corrected chi connectivity index (χ0v) is 16.7. The molecule has 6 atom stereocenters. The standard InChI is InChI=1S/C24H35NO/c1-4-18-8-10-21-20-11-9-19(26)14-17(20)15-23(5-2)16-24(18,22(21)23)12-6-7-13-25-3/h5,13-14,18,20-22H,2,4,6-12,15-16H2,1,3H3. The third-order valence-corrected chi connectivity index (χ3v) is 8.62. The minimum atomic E-state index is 0.275. The van der Waals surface area contributed by atoms with Crippen molar-refractivity contribution in [1.82, 2.24) is 0 Å². The van der Waals surface area contributed by atoms with Crippen LogP contribution in [0.4, 0.5) is 0 Å². The Morgan fingerprint density at radius 1 is 1.35 bits per heavy atom. The fourth-order valence-corrected chi connectivity index (χ4v) is 7.88. The van der Waals surface area contributed by atoms with E-state index in [9.17, 15) is 4.79 Å². The summed E-state index contributed by atoms with van der Waals surface area (Å²) in [5, 5.41) is 0. The predicted molar refractivity (Wildman–Crippen MR) is 108 cm³/mol. The molecule has 0 radical (unpaired) electrons. The number of rotatable bonds is 6. The number of unbranched alkanes of at least 4 members (excludes halogenated alkanes) is 1. The Morgan fingerprint density at radius 3 is 2.92 bits per heavy atom. The van der Waals surface area contributed by atoms with Gasteiger partial charge in [-0.3, -0.25) is 4.79 Å². The second-order valence-electron chi connectivity index (χ2n) is 9.51. The lowest BCUT2D eigenvalue weighted by molar-refractivity contribution is -0.219. The molecular formula is C24H35NO. The molecule has 0 spiro atoms. The smallest absolute Gasteiger partial charge is 0.155 e. The largest absolute Gasteiger partial charge is 0.301 e. The molecule has 0 amide bonds. The molecule has 142 valence electrons. The van der Waals surface area contributed by atoms with Crippen molar-refractivity contribution in [3.05, 3.63) is 24.3 Å². The number of fused-ring (bicyclic) bond motifs is 2. The van der Waals surface area contributed by atoms with E-state index in [1.165, 1.54) is 44.1 Å². The summed E-state index contributed by atoms with van der Waals surface area (Å²) in [6.45, 7) is 6.70. The number of ketones is 1. The molecule has 0 bridgehead atoms. The van der Waals surface area contributed by atoms with Gasteiger partial charge < -0.3 is 4.99 Å². The summed E-state index contributed by atoms with van der Waals surface area (Å²) in [6, 6.07) is 0. The van der Waals surface area contributed by atoms with E-state index in [0.717, 1.165) is 43.4 Å². The molecule has 0 heterocycles. The van der Waals surface area contributed by atoms with Gasteiger partial charge in [0.15, 0.2) is 5.78 Å². The molecule has 3 saturated carbocycles. The summed E-state index contributed by atoms with van der Waals surface area (Å²) in [4.78, 5) is 16.2. The van der Waals surface area contributed by atoms with Crippen molar-refractivity contribution in [2.24, 2.45) is 39.5 Å². The number of nitrogens with zero attached hydrogens (tertiary/aromatic N) is 1. The summed E-state index contributed by atoms with van der Waals surface area (Å²) >= 11 is 0. The van der Waals surface area contributed by atoms with Crippen LogP contribution in [-0.4, -0.2) is 19.0 Å². The van der Waals surface area contributed by atoms with Gasteiger partial charge in [-0.1, -0.05) is 25.0 Å². The van der Waals surface area contributed by atoms with Crippen LogP contribution < -0.4 is 0 Å². The average Bonchev–Trinajstić information content (AvgIpc) is 2.63. The molecule has 0 saturated heterocycles. The summed E-state index contributed by atoms with van der Waals surface area (Å²) in [7, 11) is 1.88. The molecule has 6 unspecified atom stereocenters. The van der Waals surface area contributed by atoms with Gasteiger partial charge >= 0.3 is 0 Å². The van der Waals surface area contributed by atoms with Crippen molar-refractivity contribution < 1.29 is 4.79 Å². The lowest BCUT2D eigenvalue weighted by Gasteiger charge is -2.74. The van der Waals surface area contributed by atoms with Gasteiger partial charge in [-0.25, -0.2) is 0 Å². The monoisotopic (exact) mass is 353 g/mol. The molecule has 4 aliphatic carbocycles. The van der Waals surface area contributed by atoms with Crippen LogP contribution in [0, 0.1) is 34.5 Å². The van der Waals surface area contributed by atoms with Crippen LogP contribution in [-0.2, 0) is 4.79 Å². The van der Waals surface area contributed by atoms with Crippen LogP contribution in [0.3, 0.4) is 0 Å². The third kappa shape index (κ3) is 2.51. The number of hydrogen-bond acceptors (Lipinski definition) is 2. The van der Waals surface area contributed by atoms with Crippen molar-refractivity contribution >= 4 is 12.0 Å². The Hall–Kier alpha value is -1.18. The topological polar surface area (TPSA) is 29.4 Å². The normalized spacial score (nSPS) is 44.1. The van der Waals surface area contributed by atoms with Crippen molar-refractivity contribution in [3.63, 3.8) is 0 Å². The Kier molecular flexibility index (Phi) is 4.73. The number of hydrogen-bond donors (Lipinski definition) is 0. The van der Waals surface area contributed by atoms with E-state index in [2.05, 4.69) is 30.8 Å². The SMILES string of the molecule is C=CC12CC3=CC(=O)CCC3C3CCC(CC)C(CCCC=NC)(C1)C32. The van der Waals surface area contributed by atoms with E-state index in [0.29, 0.717) is 17.1 Å². The Morgan fingerprint density at radius 2 is 2.19 bits per heavy atom. The van der Waals surface area contributed by atoms with Crippen LogP contribution in [0.2, 0.25) is 0 Å². The van der Waals surface area contributed by atoms with Gasteiger partial charge in [0.05, 0.1) is 0 Å². The van der Waals surface area contributed by atoms with E-state index in [4.69, 9.17) is 0 Å². The number of carbonyl (C=O) groups excluding carboxylic acids is 1. The van der Waals surface area contributed by atoms with Gasteiger partial charge in [0, 0.05) is 13.5 Å². The predicted octanol–water partition coefficient (Wildman–Crippen LogP) is 5.78. The van der Waals surface area contributed by atoms with E-state index < -0.39 is 0 Å². The molecule has 0 aromatic rings. The van der Waals surface area contributed by atoms with Crippen molar-refractivity contribution in [2.45, 2.75) is 71.1 Å². The first-order valence-corrected chi connectivity index (χ1v) is 10.9. The molecule has 4 rings (SSSR count). The molecule has 2 heteroatoms. The molecule has 0 aromatic heterocycles. The summed E-state index contributed by atoms with van der Waals surface area (Å²) in [6.07, 6.45) is 18.6. The van der Waals surface area contributed by atoms with Crippen LogP contribution in [0.5, 0.6) is 0 Å². The van der Waals surface area contributed by atoms with Gasteiger partial charge in [0.25, 0.3) is 0 Å². The van der Waals surface area contributed by atoms with Crippen LogP contribution in [0.15, 0.2) is 29.3 Å². The van der Waals surface area contributed by atoms with Crippen molar-refractivity contribution in [2.75, 3.05) is 7.05 Å². The van der Waals surface area contributed by atoms with E-state index >= 15 is 0 Å². The highest BCUT2D eigenvalue weighted by Gasteiger charge is 2.69. The van der Waals surface area contributed by atoms with E-state index in [-0.39, 0.29) is 5.41 Å². The quantitative estimate of drug-likeness (QED) is 0.338. The van der Waals surface area contributed by atoms with Gasteiger partial charge in [0.1, 0.15) is 0 Å². The van der Waals surface area contributed by atoms with E-state index in [1.54, 1.807) is 0 Å². The minimum Gasteiger partial charge on any atom is -0.301 e. The molecule has 4 aliphatic rings. The van der Waals surface area contributed by atoms with Gasteiger partial charge in [-0.15, -0.1) is 6.58 Å². The zero-order chi connectivity index (χ0) is 18.4. The summed E-state index contributed by atoms with van der Waals surface area (Å²) in [5.74, 6) is 3.52. The Bertz CT molecular complexity index is 647. The highest BCUT2D eigenvalue weighted by Crippen LogP contribution is 2.77. The summed E-state index contributed by atoms with van der Waals surface area (Å²) in [5.41, 5.74) is 2.28. The van der Waals surface area contributed by atoms with E-state index in [1.807, 2.05) is 13.1 Å². The first kappa shape index (κ1) is 18.2. The number of aliphatic imine (C=N–C) groups is 1. The van der Waals surface area contributed by atoms with Gasteiger partial charge in [-0.2, -0.15) is 0 Å². The highest BCUT2D eigenvalue weighted by atomic mass is 16.1. The first-order chi connectivity index (χ1) is 12.6. The lowest BCUT2D eigenvalue weighted by atomic mass is 9.30. The minimum absolute atomic E-state index is 0.275. The summed E-state index contributed by atoms with van der Waals surface area (Å²) < 4.78 is 0. The number of carbonyl (C=O) groups is 1. The average molecular weight is 354 g/mol. The molecule has 0 aliphatic heterocycles. The van der Waals surface area contributed by atoms with Gasteiger partial charge in [-0.05, 0) is 98.2 Å². The number of allylic oxidation sites excluding steroid dienone is 3. The molecular weight excluding hydrogens is 318 g/mol. The van der Waals surface area contributed by atoms with Crippen LogP contribution in [0.1, 0.15) is 71.1 Å². The maximum atomic E-state index is 12.0. The van der Waals surface area contributed by atoms with Crippen molar-refractivity contribution in [1.29, 1.82) is 0 Å². The Labute approximate surface area is 159 Å². The van der Waals surface area contributed by atoms with Crippen molar-refractivity contribution in [3.8, 4) is 0 Å². The van der Waals surface area contributed by atoms with Crippen LogP contribution in [0.25, 0.3) is 0 Å². The lowest BCUT2D eigenvalue weighted by Crippen LogP contribution is -2.67. The van der Waals surface area contributed by atoms with Gasteiger partial charge in [0.2, 0.25) is 0 Å². The second-order valence-corrected chi connectivity index (χ2v) is 9.51. The highest BCUT2D eigenvalue weighted by molar-refractivity contribution is 5.91. The molecule has 26 heavy (non-hydrogen) atoms. The molecule has 0 N–H and O–H groups in total. The fraction of sp³-hybridized carbons (Fsp3) is 0.750. The molecule has 0 aromatic carbocycles. The second kappa shape index (κ2) is 6.77. The fourth-order valence-electron chi connectivity index (χ4n) is 7.88. The molecule has 2 nitrogen and oxygen atoms in total. The Balaban J connectivity index is 1.66.